The van der Waals surface area contributed by atoms with Gasteiger partial charge in [-0.3, -0.25) is 13.8 Å². The van der Waals surface area contributed by atoms with Gasteiger partial charge in [0.1, 0.15) is 6.54 Å². The minimum atomic E-state index is -4.22. The molecule has 1 amide bonds. The molecule has 0 fully saturated rings. The van der Waals surface area contributed by atoms with E-state index in [1.807, 2.05) is 0 Å². The molecule has 14 heteroatoms. The van der Waals surface area contributed by atoms with E-state index in [0.29, 0.717) is 0 Å². The molecule has 0 bridgehead atoms. The van der Waals surface area contributed by atoms with Crippen LogP contribution >= 0.6 is 46.4 Å². The summed E-state index contributed by atoms with van der Waals surface area (Å²) in [6, 6.07) is 21.6. The second-order valence-electron chi connectivity index (χ2n) is 8.20. The molecule has 40 heavy (non-hydrogen) atoms. The molecule has 8 nitrogen and oxygen atoms in total. The molecule has 0 radical (unpaired) electrons. The van der Waals surface area contributed by atoms with Crippen molar-refractivity contribution in [1.29, 1.82) is 0 Å². The zero-order valence-electron chi connectivity index (χ0n) is 20.2. The van der Waals surface area contributed by atoms with E-state index in [9.17, 15) is 21.6 Å². The van der Waals surface area contributed by atoms with Crippen LogP contribution in [0.4, 0.5) is 17.1 Å². The number of amides is 1. The van der Waals surface area contributed by atoms with Gasteiger partial charge < -0.3 is 5.32 Å². The number of hydrogen-bond donors (Lipinski definition) is 2. The van der Waals surface area contributed by atoms with E-state index in [2.05, 4.69) is 10.0 Å². The Kier molecular flexibility index (Phi) is 9.19. The van der Waals surface area contributed by atoms with Gasteiger partial charge in [0.15, 0.2) is 0 Å². The maximum absolute atomic E-state index is 13.5. The molecule has 0 aromatic heterocycles. The number of hydrogen-bond acceptors (Lipinski definition) is 5. The zero-order chi connectivity index (χ0) is 29.1. The minimum absolute atomic E-state index is 0.0142. The summed E-state index contributed by atoms with van der Waals surface area (Å²) < 4.78 is 55.8. The fourth-order valence-corrected chi connectivity index (χ4v) is 6.90. The highest BCUT2D eigenvalue weighted by Crippen LogP contribution is 2.33. The second-order valence-corrected chi connectivity index (χ2v) is 13.4. The molecule has 4 rings (SSSR count). The van der Waals surface area contributed by atoms with E-state index in [1.54, 1.807) is 24.3 Å². The number of nitrogens with one attached hydrogen (secondary N) is 2. The second kappa shape index (κ2) is 12.3. The van der Waals surface area contributed by atoms with E-state index in [1.165, 1.54) is 66.7 Å². The molecular weight excluding hydrogens is 640 g/mol. The Labute approximate surface area is 251 Å². The molecule has 2 N–H and O–H groups in total. The molecule has 0 aliphatic rings. The third-order valence-electron chi connectivity index (χ3n) is 5.44. The lowest BCUT2D eigenvalue weighted by Crippen LogP contribution is -2.38. The Hall–Kier alpha value is -2.99. The van der Waals surface area contributed by atoms with Gasteiger partial charge in [-0.15, -0.1) is 0 Å². The van der Waals surface area contributed by atoms with Crippen LogP contribution in [0, 0.1) is 0 Å². The van der Waals surface area contributed by atoms with Crippen molar-refractivity contribution in [3.8, 4) is 0 Å². The third kappa shape index (κ3) is 6.83. The van der Waals surface area contributed by atoms with E-state index < -0.39 is 32.5 Å². The number of rotatable bonds is 9. The summed E-state index contributed by atoms with van der Waals surface area (Å²) in [6.07, 6.45) is 0. The summed E-state index contributed by atoms with van der Waals surface area (Å²) in [5.41, 5.74) is 0.338. The number of sulfonamides is 2. The molecule has 0 saturated heterocycles. The van der Waals surface area contributed by atoms with Crippen LogP contribution in [0.2, 0.25) is 20.1 Å². The van der Waals surface area contributed by atoms with E-state index >= 15 is 0 Å². The Morgan fingerprint density at radius 1 is 0.725 bits per heavy atom. The van der Waals surface area contributed by atoms with Crippen molar-refractivity contribution in [2.45, 2.75) is 9.79 Å². The molecule has 0 spiro atoms. The quantitative estimate of drug-likeness (QED) is 0.202. The average Bonchev–Trinajstić information content (AvgIpc) is 2.92. The lowest BCUT2D eigenvalue weighted by Gasteiger charge is -2.25. The topological polar surface area (TPSA) is 113 Å². The third-order valence-corrected chi connectivity index (χ3v) is 9.97. The molecular formula is C26H19Cl4N3O5S2. The summed E-state index contributed by atoms with van der Waals surface area (Å²) in [5, 5.41) is 3.09. The van der Waals surface area contributed by atoms with Crippen LogP contribution in [-0.4, -0.2) is 29.3 Å². The molecule has 0 aliphatic carbocycles. The number of carbonyl (C=O) groups excluding carboxylic acids is 1. The van der Waals surface area contributed by atoms with Gasteiger partial charge in [-0.1, -0.05) is 70.7 Å². The molecule has 0 aliphatic heterocycles. The van der Waals surface area contributed by atoms with Gasteiger partial charge in [-0.2, -0.15) is 0 Å². The van der Waals surface area contributed by atoms with Gasteiger partial charge in [0.05, 0.1) is 36.2 Å². The number of benzene rings is 4. The standard InChI is InChI=1S/C26H19Cl4N3O5S2/c27-17-9-14-21(28)24(15-17)33(40(37,38)20-5-2-1-3-6-20)16-25(34)31-18-10-12-19(13-11-18)39(35,36)32-23-8-4-7-22(29)26(23)30/h1-15,32H,16H2,(H,31,34). The Balaban J connectivity index is 1.56. The van der Waals surface area contributed by atoms with Crippen molar-refractivity contribution >= 4 is 89.4 Å². The van der Waals surface area contributed by atoms with Crippen LogP contribution in [0.3, 0.4) is 0 Å². The molecule has 208 valence electrons. The van der Waals surface area contributed by atoms with Gasteiger partial charge in [0.2, 0.25) is 5.91 Å². The summed E-state index contributed by atoms with van der Waals surface area (Å²) in [4.78, 5) is 12.8. The summed E-state index contributed by atoms with van der Waals surface area (Å²) >= 11 is 24.4. The Bertz CT molecular complexity index is 1770. The molecule has 0 atom stereocenters. The van der Waals surface area contributed by atoms with Gasteiger partial charge in [-0.25, -0.2) is 16.8 Å². The van der Waals surface area contributed by atoms with Crippen LogP contribution < -0.4 is 14.3 Å². The predicted octanol–water partition coefficient (Wildman–Crippen LogP) is 6.94. The first kappa shape index (κ1) is 30.0. The molecule has 0 heterocycles. The van der Waals surface area contributed by atoms with Crippen LogP contribution in [0.15, 0.2) is 101 Å². The highest BCUT2D eigenvalue weighted by atomic mass is 35.5. The SMILES string of the molecule is O=C(CN(c1cc(Cl)ccc1Cl)S(=O)(=O)c1ccccc1)Nc1ccc(S(=O)(=O)Nc2cccc(Cl)c2Cl)cc1. The lowest BCUT2D eigenvalue weighted by atomic mass is 10.3. The molecule has 4 aromatic carbocycles. The Morgan fingerprint density at radius 2 is 1.40 bits per heavy atom. The lowest BCUT2D eigenvalue weighted by molar-refractivity contribution is -0.114. The first-order valence-corrected chi connectivity index (χ1v) is 15.7. The van der Waals surface area contributed by atoms with Crippen LogP contribution in [0.5, 0.6) is 0 Å². The van der Waals surface area contributed by atoms with Gasteiger partial charge >= 0.3 is 0 Å². The normalized spacial score (nSPS) is 11.6. The fourth-order valence-electron chi connectivity index (χ4n) is 3.53. The number of nitrogens with zero attached hydrogens (tertiary/aromatic N) is 1. The minimum Gasteiger partial charge on any atom is -0.325 e. The summed E-state index contributed by atoms with van der Waals surface area (Å²) in [5.74, 6) is -0.713. The number of halogens is 4. The van der Waals surface area contributed by atoms with Crippen molar-refractivity contribution < 1.29 is 21.6 Å². The van der Waals surface area contributed by atoms with Crippen molar-refractivity contribution in [2.75, 3.05) is 20.9 Å². The van der Waals surface area contributed by atoms with E-state index in [0.717, 1.165) is 4.31 Å². The number of carbonyl (C=O) groups is 1. The molecule has 0 unspecified atom stereocenters. The van der Waals surface area contributed by atoms with Gasteiger partial charge in [-0.05, 0) is 66.7 Å². The van der Waals surface area contributed by atoms with E-state index in [-0.39, 0.29) is 46.9 Å². The predicted molar refractivity (Wildman–Crippen MR) is 160 cm³/mol. The monoisotopic (exact) mass is 657 g/mol. The largest absolute Gasteiger partial charge is 0.325 e. The maximum atomic E-state index is 13.5. The van der Waals surface area contributed by atoms with E-state index in [4.69, 9.17) is 46.4 Å². The molecule has 4 aromatic rings. The van der Waals surface area contributed by atoms with Crippen molar-refractivity contribution in [3.63, 3.8) is 0 Å². The van der Waals surface area contributed by atoms with Crippen molar-refractivity contribution in [2.24, 2.45) is 0 Å². The maximum Gasteiger partial charge on any atom is 0.264 e. The van der Waals surface area contributed by atoms with Crippen LogP contribution in [-0.2, 0) is 24.8 Å². The first-order chi connectivity index (χ1) is 18.9. The smallest absolute Gasteiger partial charge is 0.264 e. The Morgan fingerprint density at radius 3 is 2.08 bits per heavy atom. The number of anilines is 3. The summed E-state index contributed by atoms with van der Waals surface area (Å²) in [7, 11) is -8.25. The van der Waals surface area contributed by atoms with Gasteiger partial charge in [0.25, 0.3) is 20.0 Å². The molecule has 0 saturated carbocycles. The summed E-state index contributed by atoms with van der Waals surface area (Å²) in [6.45, 7) is -0.647. The van der Waals surface area contributed by atoms with Crippen molar-refractivity contribution in [1.82, 2.24) is 0 Å². The van der Waals surface area contributed by atoms with Crippen molar-refractivity contribution in [3.05, 3.63) is 111 Å². The average molecular weight is 659 g/mol. The fraction of sp³-hybridized carbons (Fsp3) is 0.0385. The zero-order valence-corrected chi connectivity index (χ0v) is 24.8. The van der Waals surface area contributed by atoms with Gasteiger partial charge in [0, 0.05) is 10.7 Å². The first-order valence-electron chi connectivity index (χ1n) is 11.3. The van der Waals surface area contributed by atoms with Crippen LogP contribution in [0.1, 0.15) is 0 Å². The van der Waals surface area contributed by atoms with Crippen LogP contribution in [0.25, 0.3) is 0 Å². The highest BCUT2D eigenvalue weighted by Gasteiger charge is 2.29. The highest BCUT2D eigenvalue weighted by molar-refractivity contribution is 7.93.